The maximum absolute atomic E-state index is 13.0. The molecule has 0 spiro atoms. The molecule has 84 valence electrons. The van der Waals surface area contributed by atoms with E-state index in [4.69, 9.17) is 0 Å². The highest BCUT2D eigenvalue weighted by atomic mass is 19.1. The fourth-order valence-electron chi connectivity index (χ4n) is 2.30. The molecule has 1 saturated carbocycles. The molecule has 0 saturated heterocycles. The van der Waals surface area contributed by atoms with Crippen molar-refractivity contribution in [3.8, 4) is 0 Å². The summed E-state index contributed by atoms with van der Waals surface area (Å²) in [7, 11) is 0. The van der Waals surface area contributed by atoms with Crippen molar-refractivity contribution in [2.45, 2.75) is 25.8 Å². The lowest BCUT2D eigenvalue weighted by molar-refractivity contribution is -0.133. The van der Waals surface area contributed by atoms with E-state index < -0.39 is 0 Å². The molecule has 1 fully saturated rings. The van der Waals surface area contributed by atoms with E-state index in [9.17, 15) is 9.18 Å². The smallest absolute Gasteiger partial charge is 0.225 e. The Kier molecular flexibility index (Phi) is 2.20. The van der Waals surface area contributed by atoms with E-state index in [1.165, 1.54) is 6.07 Å². The normalized spacial score (nSPS) is 19.4. The van der Waals surface area contributed by atoms with Gasteiger partial charge in [0, 0.05) is 19.0 Å². The maximum Gasteiger partial charge on any atom is 0.225 e. The van der Waals surface area contributed by atoms with Crippen LogP contribution in [0.5, 0.6) is 0 Å². The highest BCUT2D eigenvalue weighted by molar-refractivity contribution is 5.81. The van der Waals surface area contributed by atoms with Crippen LogP contribution in [0.2, 0.25) is 0 Å². The summed E-state index contributed by atoms with van der Waals surface area (Å²) < 4.78 is 13.0. The molecule has 1 aliphatic heterocycles. The highest BCUT2D eigenvalue weighted by Gasteiger charge is 2.34. The van der Waals surface area contributed by atoms with Crippen LogP contribution in [0.1, 0.15) is 24.0 Å². The fraction of sp³-hybridized carbons (Fsp3) is 0.462. The van der Waals surface area contributed by atoms with Crippen LogP contribution in [0.25, 0.3) is 0 Å². The summed E-state index contributed by atoms with van der Waals surface area (Å²) in [6.45, 7) is 1.40. The molecule has 0 aromatic heterocycles. The quantitative estimate of drug-likeness (QED) is 0.708. The lowest BCUT2D eigenvalue weighted by Gasteiger charge is -2.29. The molecule has 16 heavy (non-hydrogen) atoms. The van der Waals surface area contributed by atoms with Crippen molar-refractivity contribution in [2.24, 2.45) is 5.92 Å². The Labute approximate surface area is 94.1 Å². The van der Waals surface area contributed by atoms with Gasteiger partial charge in [0.05, 0.1) is 0 Å². The van der Waals surface area contributed by atoms with E-state index in [0.717, 1.165) is 36.9 Å². The first kappa shape index (κ1) is 9.82. The minimum Gasteiger partial charge on any atom is -0.338 e. The van der Waals surface area contributed by atoms with Crippen LogP contribution in [0, 0.1) is 11.7 Å². The van der Waals surface area contributed by atoms with Gasteiger partial charge in [0.15, 0.2) is 0 Å². The molecule has 2 nitrogen and oxygen atoms in total. The lowest BCUT2D eigenvalue weighted by Crippen LogP contribution is -2.36. The van der Waals surface area contributed by atoms with Crippen molar-refractivity contribution in [1.82, 2.24) is 4.90 Å². The van der Waals surface area contributed by atoms with Crippen LogP contribution in [0.3, 0.4) is 0 Å². The number of nitrogens with zero attached hydrogens (tertiary/aromatic N) is 1. The summed E-state index contributed by atoms with van der Waals surface area (Å²) >= 11 is 0. The number of hydrogen-bond acceptors (Lipinski definition) is 1. The number of rotatable bonds is 1. The largest absolute Gasteiger partial charge is 0.338 e. The molecule has 3 heteroatoms. The topological polar surface area (TPSA) is 20.3 Å². The Bertz CT molecular complexity index is 440. The summed E-state index contributed by atoms with van der Waals surface area (Å²) in [6, 6.07) is 4.87. The number of fused-ring (bicyclic) bond motifs is 1. The first-order valence-electron chi connectivity index (χ1n) is 5.80. The van der Waals surface area contributed by atoms with Gasteiger partial charge in [-0.2, -0.15) is 0 Å². The van der Waals surface area contributed by atoms with E-state index in [1.54, 1.807) is 12.1 Å². The number of halogens is 1. The van der Waals surface area contributed by atoms with Gasteiger partial charge in [-0.1, -0.05) is 6.07 Å². The Morgan fingerprint density at radius 2 is 2.12 bits per heavy atom. The molecule has 0 unspecified atom stereocenters. The highest BCUT2D eigenvalue weighted by Crippen LogP contribution is 2.32. The van der Waals surface area contributed by atoms with E-state index in [0.29, 0.717) is 6.54 Å². The standard InChI is InChI=1S/C13H14FNO/c14-12-4-3-11-8-15(6-5-10(11)7-12)13(16)9-1-2-9/h3-4,7,9H,1-2,5-6,8H2. The molecular formula is C13H14FNO. The molecule has 2 aliphatic rings. The molecule has 1 heterocycles. The monoisotopic (exact) mass is 219 g/mol. The zero-order valence-corrected chi connectivity index (χ0v) is 9.08. The van der Waals surface area contributed by atoms with E-state index in [1.807, 2.05) is 4.90 Å². The predicted octanol–water partition coefficient (Wildman–Crippen LogP) is 2.12. The summed E-state index contributed by atoms with van der Waals surface area (Å²) in [5, 5.41) is 0. The molecule has 1 aromatic carbocycles. The zero-order chi connectivity index (χ0) is 11.1. The number of amides is 1. The average molecular weight is 219 g/mol. The lowest BCUT2D eigenvalue weighted by atomic mass is 9.99. The molecule has 0 bridgehead atoms. The van der Waals surface area contributed by atoms with E-state index >= 15 is 0 Å². The van der Waals surface area contributed by atoms with Crippen LogP contribution in [-0.2, 0) is 17.8 Å². The third-order valence-electron chi connectivity index (χ3n) is 3.42. The van der Waals surface area contributed by atoms with Crippen LogP contribution in [0.15, 0.2) is 18.2 Å². The summed E-state index contributed by atoms with van der Waals surface area (Å²) in [5.41, 5.74) is 2.15. The number of carbonyl (C=O) groups excluding carboxylic acids is 1. The number of hydrogen-bond donors (Lipinski definition) is 0. The zero-order valence-electron chi connectivity index (χ0n) is 9.08. The molecule has 0 N–H and O–H groups in total. The molecule has 0 atom stereocenters. The summed E-state index contributed by atoms with van der Waals surface area (Å²) in [4.78, 5) is 13.8. The second kappa shape index (κ2) is 3.58. The minimum absolute atomic E-state index is 0.180. The molecule has 3 rings (SSSR count). The Morgan fingerprint density at radius 3 is 2.88 bits per heavy atom. The van der Waals surface area contributed by atoms with Gasteiger partial charge in [0.25, 0.3) is 0 Å². The molecule has 1 aliphatic carbocycles. The number of benzene rings is 1. The van der Waals surface area contributed by atoms with E-state index in [-0.39, 0.29) is 17.6 Å². The Balaban J connectivity index is 1.80. The van der Waals surface area contributed by atoms with Crippen LogP contribution in [0.4, 0.5) is 4.39 Å². The van der Waals surface area contributed by atoms with Gasteiger partial charge in [-0.3, -0.25) is 4.79 Å². The van der Waals surface area contributed by atoms with Crippen molar-refractivity contribution in [1.29, 1.82) is 0 Å². The van der Waals surface area contributed by atoms with Crippen LogP contribution >= 0.6 is 0 Å². The SMILES string of the molecule is O=C(C1CC1)N1CCc2cc(F)ccc2C1. The average Bonchev–Trinajstić information content (AvgIpc) is 3.11. The van der Waals surface area contributed by atoms with Gasteiger partial charge in [0.1, 0.15) is 5.82 Å². The van der Waals surface area contributed by atoms with Gasteiger partial charge in [-0.15, -0.1) is 0 Å². The van der Waals surface area contributed by atoms with Crippen LogP contribution < -0.4 is 0 Å². The van der Waals surface area contributed by atoms with Gasteiger partial charge >= 0.3 is 0 Å². The molecule has 0 radical (unpaired) electrons. The first-order valence-corrected chi connectivity index (χ1v) is 5.80. The van der Waals surface area contributed by atoms with Crippen molar-refractivity contribution < 1.29 is 9.18 Å². The second-order valence-corrected chi connectivity index (χ2v) is 4.70. The van der Waals surface area contributed by atoms with Crippen LogP contribution in [-0.4, -0.2) is 17.4 Å². The Hall–Kier alpha value is -1.38. The molecule has 1 aromatic rings. The maximum atomic E-state index is 13.0. The van der Waals surface area contributed by atoms with Gasteiger partial charge < -0.3 is 4.90 Å². The number of carbonyl (C=O) groups is 1. The Morgan fingerprint density at radius 1 is 1.31 bits per heavy atom. The third-order valence-corrected chi connectivity index (χ3v) is 3.42. The van der Waals surface area contributed by atoms with Crippen molar-refractivity contribution in [3.05, 3.63) is 35.1 Å². The molecular weight excluding hydrogens is 205 g/mol. The predicted molar refractivity (Wildman–Crippen MR) is 58.2 cm³/mol. The van der Waals surface area contributed by atoms with Gasteiger partial charge in [0.2, 0.25) is 5.91 Å². The fourth-order valence-corrected chi connectivity index (χ4v) is 2.30. The summed E-state index contributed by atoms with van der Waals surface area (Å²) in [5.74, 6) is 0.387. The summed E-state index contributed by atoms with van der Waals surface area (Å²) in [6.07, 6.45) is 2.88. The second-order valence-electron chi connectivity index (χ2n) is 4.70. The minimum atomic E-state index is -0.180. The van der Waals surface area contributed by atoms with Gasteiger partial charge in [-0.25, -0.2) is 4.39 Å². The van der Waals surface area contributed by atoms with Crippen molar-refractivity contribution >= 4 is 5.91 Å². The first-order chi connectivity index (χ1) is 7.74. The third kappa shape index (κ3) is 1.70. The van der Waals surface area contributed by atoms with Crippen molar-refractivity contribution in [2.75, 3.05) is 6.54 Å². The van der Waals surface area contributed by atoms with Crippen molar-refractivity contribution in [3.63, 3.8) is 0 Å². The van der Waals surface area contributed by atoms with Gasteiger partial charge in [-0.05, 0) is 42.5 Å². The van der Waals surface area contributed by atoms with E-state index in [2.05, 4.69) is 0 Å². The molecule has 1 amide bonds.